The van der Waals surface area contributed by atoms with Crippen molar-refractivity contribution in [1.82, 2.24) is 20.4 Å². The zero-order valence-corrected chi connectivity index (χ0v) is 20.3. The van der Waals surface area contributed by atoms with E-state index in [0.29, 0.717) is 23.4 Å². The van der Waals surface area contributed by atoms with Gasteiger partial charge in [-0.3, -0.25) is 0 Å². The number of rotatable bonds is 6. The number of nitrogens with one attached hydrogen (secondary N) is 1. The minimum absolute atomic E-state index is 0.315. The lowest BCUT2D eigenvalue weighted by Gasteiger charge is -2.37. The third-order valence-corrected chi connectivity index (χ3v) is 6.52. The smallest absolute Gasteiger partial charge is 0.258 e. The molecule has 1 aliphatic rings. The highest BCUT2D eigenvalue weighted by molar-refractivity contribution is 7.80. The van der Waals surface area contributed by atoms with E-state index >= 15 is 0 Å². The Bertz CT molecular complexity index is 1400. The summed E-state index contributed by atoms with van der Waals surface area (Å²) in [5.41, 5.74) is 5.62. The molecule has 0 radical (unpaired) electrons. The number of aryl methyl sites for hydroxylation is 1. The van der Waals surface area contributed by atoms with Gasteiger partial charge < -0.3 is 14.7 Å². The summed E-state index contributed by atoms with van der Waals surface area (Å²) in [6, 6.07) is 24.3. The number of nitrogens with zero attached hydrogens (tertiary/aromatic N) is 3. The molecule has 0 amide bonds. The van der Waals surface area contributed by atoms with E-state index in [-0.39, 0.29) is 5.82 Å². The summed E-state index contributed by atoms with van der Waals surface area (Å²) in [5, 5.41) is 8.21. The molecule has 3 aromatic carbocycles. The average Bonchev–Trinajstić information content (AvgIpc) is 3.34. The van der Waals surface area contributed by atoms with Crippen molar-refractivity contribution in [3.05, 3.63) is 113 Å². The maximum atomic E-state index is 14.2. The molecule has 0 saturated heterocycles. The number of aromatic nitrogens is 2. The topological polar surface area (TPSA) is 54.2 Å². The van der Waals surface area contributed by atoms with Crippen LogP contribution in [0.25, 0.3) is 17.0 Å². The summed E-state index contributed by atoms with van der Waals surface area (Å²) in [5.74, 6) is 0.573. The standard InChI is InChI=1S/C28H25FN4OS/c1-18-8-6-12-22(16-18)26-31-27(34-32-26)24-19(2)33(15-14-20-9-4-3-5-10-20)28(35)30-25(24)21-11-7-13-23(29)17-21/h3-13,16-17,25H,14-15H2,1-2H3,(H,30,35). The molecule has 7 heteroatoms. The van der Waals surface area contributed by atoms with Crippen molar-refractivity contribution in [2.45, 2.75) is 26.3 Å². The fourth-order valence-electron chi connectivity index (χ4n) is 4.38. The highest BCUT2D eigenvalue weighted by Gasteiger charge is 2.34. The largest absolute Gasteiger partial charge is 0.351 e. The zero-order valence-electron chi connectivity index (χ0n) is 19.5. The van der Waals surface area contributed by atoms with Gasteiger partial charge in [0, 0.05) is 17.8 Å². The van der Waals surface area contributed by atoms with E-state index in [1.165, 1.54) is 17.7 Å². The number of hydrogen-bond donors (Lipinski definition) is 1. The van der Waals surface area contributed by atoms with Gasteiger partial charge in [-0.1, -0.05) is 71.4 Å². The molecule has 0 spiro atoms. The van der Waals surface area contributed by atoms with Gasteiger partial charge in [-0.25, -0.2) is 4.39 Å². The summed E-state index contributed by atoms with van der Waals surface area (Å²) < 4.78 is 19.9. The van der Waals surface area contributed by atoms with Crippen LogP contribution in [0.5, 0.6) is 0 Å². The number of benzene rings is 3. The van der Waals surface area contributed by atoms with Gasteiger partial charge in [0.25, 0.3) is 5.89 Å². The van der Waals surface area contributed by atoms with Crippen LogP contribution in [0.15, 0.2) is 89.1 Å². The van der Waals surface area contributed by atoms with Crippen LogP contribution in [0.4, 0.5) is 4.39 Å². The minimum atomic E-state index is -0.419. The Morgan fingerprint density at radius 3 is 2.57 bits per heavy atom. The number of thiocarbonyl (C=S) groups is 1. The van der Waals surface area contributed by atoms with Crippen molar-refractivity contribution in [3.8, 4) is 11.4 Å². The van der Waals surface area contributed by atoms with E-state index in [1.807, 2.05) is 67.3 Å². The van der Waals surface area contributed by atoms with Crippen molar-refractivity contribution in [2.75, 3.05) is 6.54 Å². The van der Waals surface area contributed by atoms with Gasteiger partial charge in [0.05, 0.1) is 11.6 Å². The van der Waals surface area contributed by atoms with Crippen molar-refractivity contribution < 1.29 is 8.91 Å². The van der Waals surface area contributed by atoms with Crippen LogP contribution in [-0.2, 0) is 6.42 Å². The molecule has 176 valence electrons. The summed E-state index contributed by atoms with van der Waals surface area (Å²) in [6.07, 6.45) is 0.816. The molecule has 1 unspecified atom stereocenters. The number of allylic oxidation sites excluding steroid dienone is 1. The Balaban J connectivity index is 1.56. The van der Waals surface area contributed by atoms with Gasteiger partial charge in [0.15, 0.2) is 5.11 Å². The van der Waals surface area contributed by atoms with Gasteiger partial charge in [0.1, 0.15) is 5.82 Å². The van der Waals surface area contributed by atoms with E-state index in [1.54, 1.807) is 6.07 Å². The van der Waals surface area contributed by atoms with E-state index in [4.69, 9.17) is 21.7 Å². The molecule has 35 heavy (non-hydrogen) atoms. The molecular formula is C28H25FN4OS. The minimum Gasteiger partial charge on any atom is -0.351 e. The Hall–Kier alpha value is -3.84. The van der Waals surface area contributed by atoms with E-state index in [2.05, 4.69) is 22.6 Å². The molecule has 1 atom stereocenters. The molecule has 1 aliphatic heterocycles. The van der Waals surface area contributed by atoms with E-state index in [9.17, 15) is 4.39 Å². The lowest BCUT2D eigenvalue weighted by atomic mass is 9.94. The SMILES string of the molecule is CC1=C(c2nc(-c3cccc(C)c3)no2)C(c2cccc(F)c2)NC(=S)N1CCc1ccccc1. The second-order valence-corrected chi connectivity index (χ2v) is 9.00. The monoisotopic (exact) mass is 484 g/mol. The van der Waals surface area contributed by atoms with Gasteiger partial charge in [-0.05, 0) is 61.8 Å². The first-order valence-electron chi connectivity index (χ1n) is 11.5. The molecule has 0 bridgehead atoms. The molecule has 5 rings (SSSR count). The van der Waals surface area contributed by atoms with Crippen molar-refractivity contribution in [2.24, 2.45) is 0 Å². The van der Waals surface area contributed by atoms with Crippen LogP contribution in [0.2, 0.25) is 0 Å². The van der Waals surface area contributed by atoms with Crippen LogP contribution in [-0.4, -0.2) is 26.7 Å². The van der Waals surface area contributed by atoms with E-state index in [0.717, 1.165) is 34.4 Å². The maximum absolute atomic E-state index is 14.2. The van der Waals surface area contributed by atoms with Crippen LogP contribution in [0.1, 0.15) is 35.5 Å². The first kappa shape index (κ1) is 22.9. The van der Waals surface area contributed by atoms with Crippen LogP contribution in [0.3, 0.4) is 0 Å². The second kappa shape index (κ2) is 9.80. The average molecular weight is 485 g/mol. The second-order valence-electron chi connectivity index (χ2n) is 8.62. The third kappa shape index (κ3) is 4.86. The van der Waals surface area contributed by atoms with E-state index < -0.39 is 6.04 Å². The molecule has 0 aliphatic carbocycles. The molecule has 2 heterocycles. The van der Waals surface area contributed by atoms with Gasteiger partial charge in [-0.15, -0.1) is 0 Å². The zero-order chi connectivity index (χ0) is 24.4. The normalized spacial score (nSPS) is 15.9. The Kier molecular flexibility index (Phi) is 6.42. The molecule has 0 saturated carbocycles. The summed E-state index contributed by atoms with van der Waals surface area (Å²) >= 11 is 5.75. The first-order valence-corrected chi connectivity index (χ1v) is 11.9. The van der Waals surface area contributed by atoms with Gasteiger partial charge >= 0.3 is 0 Å². The number of hydrogen-bond acceptors (Lipinski definition) is 4. The highest BCUT2D eigenvalue weighted by Crippen LogP contribution is 2.37. The van der Waals surface area contributed by atoms with Crippen molar-refractivity contribution in [3.63, 3.8) is 0 Å². The van der Waals surface area contributed by atoms with Crippen molar-refractivity contribution in [1.29, 1.82) is 0 Å². The Labute approximate surface area is 209 Å². The molecule has 0 fully saturated rings. The van der Waals surface area contributed by atoms with Crippen LogP contribution in [0, 0.1) is 12.7 Å². The quantitative estimate of drug-likeness (QED) is 0.334. The predicted molar refractivity (Wildman–Crippen MR) is 139 cm³/mol. The van der Waals surface area contributed by atoms with Crippen molar-refractivity contribution >= 4 is 22.9 Å². The molecule has 1 N–H and O–H groups in total. The molecule has 4 aromatic rings. The lowest BCUT2D eigenvalue weighted by Crippen LogP contribution is -2.46. The maximum Gasteiger partial charge on any atom is 0.258 e. The van der Waals surface area contributed by atoms with Crippen LogP contribution >= 0.6 is 12.2 Å². The predicted octanol–water partition coefficient (Wildman–Crippen LogP) is 6.09. The van der Waals surface area contributed by atoms with Crippen LogP contribution < -0.4 is 5.32 Å². The Morgan fingerprint density at radius 2 is 1.80 bits per heavy atom. The summed E-state index contributed by atoms with van der Waals surface area (Å²) in [4.78, 5) is 6.78. The fourth-order valence-corrected chi connectivity index (χ4v) is 4.73. The van der Waals surface area contributed by atoms with Gasteiger partial charge in [-0.2, -0.15) is 4.98 Å². The molecule has 5 nitrogen and oxygen atoms in total. The lowest BCUT2D eigenvalue weighted by molar-refractivity contribution is 0.397. The molecule has 1 aromatic heterocycles. The Morgan fingerprint density at radius 1 is 1.00 bits per heavy atom. The third-order valence-electron chi connectivity index (χ3n) is 6.18. The fraction of sp³-hybridized carbons (Fsp3) is 0.179. The van der Waals surface area contributed by atoms with Gasteiger partial charge in [0.2, 0.25) is 5.82 Å². The first-order chi connectivity index (χ1) is 17.0. The summed E-state index contributed by atoms with van der Waals surface area (Å²) in [6.45, 7) is 4.70. The number of halogens is 1. The summed E-state index contributed by atoms with van der Waals surface area (Å²) in [7, 11) is 0. The molecular weight excluding hydrogens is 459 g/mol. The highest BCUT2D eigenvalue weighted by atomic mass is 32.1.